The van der Waals surface area contributed by atoms with Gasteiger partial charge in [-0.1, -0.05) is 54.4 Å². The highest BCUT2D eigenvalue weighted by atomic mass is 35.5. The molecule has 0 radical (unpaired) electrons. The van der Waals surface area contributed by atoms with Crippen LogP contribution in [0.1, 0.15) is 38.3 Å². The van der Waals surface area contributed by atoms with E-state index in [2.05, 4.69) is 5.32 Å². The van der Waals surface area contributed by atoms with Gasteiger partial charge in [-0.05, 0) is 51.0 Å². The molecular formula is C24H32ClN3O4S. The summed E-state index contributed by atoms with van der Waals surface area (Å²) in [5, 5.41) is 3.26. The Kier molecular flexibility index (Phi) is 9.31. The van der Waals surface area contributed by atoms with Gasteiger partial charge in [-0.15, -0.1) is 0 Å². The Labute approximate surface area is 201 Å². The molecule has 0 heterocycles. The van der Waals surface area contributed by atoms with Gasteiger partial charge >= 0.3 is 0 Å². The number of nitrogens with zero attached hydrogens (tertiary/aromatic N) is 2. The Morgan fingerprint density at radius 3 is 2.33 bits per heavy atom. The van der Waals surface area contributed by atoms with Gasteiger partial charge in [0, 0.05) is 17.6 Å². The van der Waals surface area contributed by atoms with E-state index in [1.54, 1.807) is 25.1 Å². The highest BCUT2D eigenvalue weighted by Crippen LogP contribution is 2.22. The van der Waals surface area contributed by atoms with Gasteiger partial charge < -0.3 is 10.2 Å². The molecule has 1 N–H and O–H groups in total. The third-order valence-corrected chi connectivity index (χ3v) is 6.75. The van der Waals surface area contributed by atoms with E-state index in [1.807, 2.05) is 45.0 Å². The maximum absolute atomic E-state index is 13.5. The fourth-order valence-corrected chi connectivity index (χ4v) is 4.33. The number of anilines is 1. The summed E-state index contributed by atoms with van der Waals surface area (Å²) in [5.41, 5.74) is 2.15. The van der Waals surface area contributed by atoms with Crippen LogP contribution in [0.3, 0.4) is 0 Å². The second-order valence-electron chi connectivity index (χ2n) is 8.25. The smallest absolute Gasteiger partial charge is 0.244 e. The van der Waals surface area contributed by atoms with Gasteiger partial charge in [0.15, 0.2) is 0 Å². The van der Waals surface area contributed by atoms with Crippen molar-refractivity contribution in [1.82, 2.24) is 10.2 Å². The van der Waals surface area contributed by atoms with E-state index >= 15 is 0 Å². The molecule has 9 heteroatoms. The molecule has 0 aliphatic carbocycles. The van der Waals surface area contributed by atoms with Crippen LogP contribution in [0.2, 0.25) is 5.02 Å². The van der Waals surface area contributed by atoms with Gasteiger partial charge in [0.2, 0.25) is 21.8 Å². The van der Waals surface area contributed by atoms with Crippen molar-refractivity contribution in [2.45, 2.75) is 52.7 Å². The summed E-state index contributed by atoms with van der Waals surface area (Å²) < 4.78 is 26.1. The molecule has 2 amide bonds. The molecule has 2 aromatic carbocycles. The SMILES string of the molecule is CC[C@H](C)NC(=O)[C@@H](C)N(Cc1cccc(C)c1)C(=O)CN(c1cccc(Cl)c1)S(C)(=O)=O. The van der Waals surface area contributed by atoms with E-state index in [0.29, 0.717) is 5.02 Å². The monoisotopic (exact) mass is 493 g/mol. The zero-order valence-electron chi connectivity index (χ0n) is 19.7. The first-order valence-electron chi connectivity index (χ1n) is 10.8. The van der Waals surface area contributed by atoms with Gasteiger partial charge in [-0.25, -0.2) is 8.42 Å². The first-order chi connectivity index (χ1) is 15.4. The molecular weight excluding hydrogens is 462 g/mol. The second kappa shape index (κ2) is 11.5. The molecule has 7 nitrogen and oxygen atoms in total. The number of hydrogen-bond donors (Lipinski definition) is 1. The molecule has 0 spiro atoms. The molecule has 0 saturated carbocycles. The summed E-state index contributed by atoms with van der Waals surface area (Å²) in [6, 6.07) is 13.1. The van der Waals surface area contributed by atoms with Gasteiger partial charge in [0.05, 0.1) is 11.9 Å². The lowest BCUT2D eigenvalue weighted by Gasteiger charge is -2.32. The van der Waals surface area contributed by atoms with Crippen molar-refractivity contribution in [3.63, 3.8) is 0 Å². The van der Waals surface area contributed by atoms with Crippen LogP contribution in [0.5, 0.6) is 0 Å². The van der Waals surface area contributed by atoms with E-state index in [9.17, 15) is 18.0 Å². The Morgan fingerprint density at radius 2 is 1.76 bits per heavy atom. The molecule has 0 fully saturated rings. The molecule has 2 atom stereocenters. The molecule has 0 saturated heterocycles. The van der Waals surface area contributed by atoms with Gasteiger partial charge in [-0.3, -0.25) is 13.9 Å². The fraction of sp³-hybridized carbons (Fsp3) is 0.417. The van der Waals surface area contributed by atoms with Crippen LogP contribution in [-0.2, 0) is 26.2 Å². The largest absolute Gasteiger partial charge is 0.352 e. The topological polar surface area (TPSA) is 86.8 Å². The number of hydrogen-bond acceptors (Lipinski definition) is 4. The van der Waals surface area contributed by atoms with Crippen LogP contribution in [0.15, 0.2) is 48.5 Å². The maximum Gasteiger partial charge on any atom is 0.244 e. The van der Waals surface area contributed by atoms with Crippen molar-refractivity contribution in [1.29, 1.82) is 0 Å². The van der Waals surface area contributed by atoms with E-state index in [1.165, 1.54) is 11.0 Å². The van der Waals surface area contributed by atoms with E-state index in [4.69, 9.17) is 11.6 Å². The van der Waals surface area contributed by atoms with Crippen molar-refractivity contribution in [3.8, 4) is 0 Å². The molecule has 0 bridgehead atoms. The van der Waals surface area contributed by atoms with Gasteiger partial charge in [0.25, 0.3) is 0 Å². The lowest BCUT2D eigenvalue weighted by Crippen LogP contribution is -2.52. The van der Waals surface area contributed by atoms with Crippen LogP contribution in [0, 0.1) is 6.92 Å². The number of halogens is 1. The average Bonchev–Trinajstić information content (AvgIpc) is 2.74. The lowest BCUT2D eigenvalue weighted by atomic mass is 10.1. The van der Waals surface area contributed by atoms with E-state index < -0.39 is 28.5 Å². The summed E-state index contributed by atoms with van der Waals surface area (Å²) in [6.07, 6.45) is 1.78. The average molecular weight is 494 g/mol. The summed E-state index contributed by atoms with van der Waals surface area (Å²) in [7, 11) is -3.79. The molecule has 0 aliphatic heterocycles. The summed E-state index contributed by atoms with van der Waals surface area (Å²) >= 11 is 6.04. The molecule has 2 rings (SSSR count). The minimum absolute atomic E-state index is 0.0464. The normalized spacial score (nSPS) is 13.2. The Hall–Kier alpha value is -2.58. The predicted molar refractivity (Wildman–Crippen MR) is 133 cm³/mol. The Balaban J connectivity index is 2.38. The van der Waals surface area contributed by atoms with Crippen LogP contribution in [0.4, 0.5) is 5.69 Å². The molecule has 0 unspecified atom stereocenters. The zero-order valence-corrected chi connectivity index (χ0v) is 21.3. The summed E-state index contributed by atoms with van der Waals surface area (Å²) in [6.45, 7) is 7.16. The fourth-order valence-electron chi connectivity index (χ4n) is 3.30. The summed E-state index contributed by atoms with van der Waals surface area (Å²) in [5.74, 6) is -0.785. The predicted octanol–water partition coefficient (Wildman–Crippen LogP) is 3.75. The quantitative estimate of drug-likeness (QED) is 0.546. The van der Waals surface area contributed by atoms with Crippen molar-refractivity contribution in [3.05, 3.63) is 64.7 Å². The number of nitrogens with one attached hydrogen (secondary N) is 1. The maximum atomic E-state index is 13.5. The van der Waals surface area contributed by atoms with Crippen molar-refractivity contribution >= 4 is 39.1 Å². The standard InChI is InChI=1S/C24H32ClN3O4S/c1-6-18(3)26-24(30)19(4)27(15-20-10-7-9-17(2)13-20)23(29)16-28(33(5,31)32)22-12-8-11-21(25)14-22/h7-14,18-19H,6,15-16H2,1-5H3,(H,26,30)/t18-,19+/m0/s1. The van der Waals surface area contributed by atoms with Crippen LogP contribution >= 0.6 is 11.6 Å². The van der Waals surface area contributed by atoms with Gasteiger partial charge in [0.1, 0.15) is 12.6 Å². The molecule has 33 heavy (non-hydrogen) atoms. The lowest BCUT2D eigenvalue weighted by molar-refractivity contribution is -0.139. The van der Waals surface area contributed by atoms with Crippen molar-refractivity contribution < 1.29 is 18.0 Å². The first kappa shape index (κ1) is 26.7. The number of sulfonamides is 1. The second-order valence-corrected chi connectivity index (χ2v) is 10.6. The molecule has 0 aliphatic rings. The van der Waals surface area contributed by atoms with Crippen LogP contribution < -0.4 is 9.62 Å². The number of benzene rings is 2. The number of carbonyl (C=O) groups excluding carboxylic acids is 2. The zero-order chi connectivity index (χ0) is 24.8. The highest BCUT2D eigenvalue weighted by molar-refractivity contribution is 7.92. The number of aryl methyl sites for hydroxylation is 1. The third-order valence-electron chi connectivity index (χ3n) is 5.38. The number of carbonyl (C=O) groups is 2. The number of rotatable bonds is 10. The minimum Gasteiger partial charge on any atom is -0.352 e. The first-order valence-corrected chi connectivity index (χ1v) is 13.0. The number of amides is 2. The summed E-state index contributed by atoms with van der Waals surface area (Å²) in [4.78, 5) is 27.7. The molecule has 180 valence electrons. The Bertz CT molecular complexity index is 1090. The van der Waals surface area contributed by atoms with Crippen molar-refractivity contribution in [2.24, 2.45) is 0 Å². The third kappa shape index (κ3) is 7.75. The van der Waals surface area contributed by atoms with Crippen molar-refractivity contribution in [2.75, 3.05) is 17.1 Å². The van der Waals surface area contributed by atoms with Crippen LogP contribution in [0.25, 0.3) is 0 Å². The van der Waals surface area contributed by atoms with E-state index in [-0.39, 0.29) is 24.2 Å². The van der Waals surface area contributed by atoms with Gasteiger partial charge in [-0.2, -0.15) is 0 Å². The molecule has 0 aromatic heterocycles. The van der Waals surface area contributed by atoms with E-state index in [0.717, 1.165) is 28.1 Å². The minimum atomic E-state index is -3.79. The van der Waals surface area contributed by atoms with Crippen LogP contribution in [-0.4, -0.2) is 50.0 Å². The molecule has 2 aromatic rings. The highest BCUT2D eigenvalue weighted by Gasteiger charge is 2.30. The Morgan fingerprint density at radius 1 is 1.09 bits per heavy atom.